The number of benzene rings is 2. The lowest BCUT2D eigenvalue weighted by atomic mass is 10.1. The minimum atomic E-state index is -0.563. The predicted molar refractivity (Wildman–Crippen MR) is 99.0 cm³/mol. The summed E-state index contributed by atoms with van der Waals surface area (Å²) in [6, 6.07) is 11.6. The molecule has 2 amide bonds. The van der Waals surface area contributed by atoms with Crippen LogP contribution in [0.4, 0.5) is 5.69 Å². The number of carbonyl (C=O) groups is 3. The molecule has 0 fully saturated rings. The van der Waals surface area contributed by atoms with Crippen LogP contribution >= 0.6 is 0 Å². The Bertz CT molecular complexity index is 874. The van der Waals surface area contributed by atoms with Crippen LogP contribution in [-0.4, -0.2) is 50.0 Å². The van der Waals surface area contributed by atoms with E-state index in [1.54, 1.807) is 56.6 Å². The van der Waals surface area contributed by atoms with Gasteiger partial charge in [-0.2, -0.15) is 0 Å². The van der Waals surface area contributed by atoms with Crippen LogP contribution in [0.25, 0.3) is 0 Å². The Hall–Kier alpha value is -3.35. The maximum atomic E-state index is 12.1. The van der Waals surface area contributed by atoms with Gasteiger partial charge < -0.3 is 19.7 Å². The van der Waals surface area contributed by atoms with Crippen molar-refractivity contribution in [3.8, 4) is 5.75 Å². The molecule has 2 aromatic rings. The van der Waals surface area contributed by atoms with Gasteiger partial charge in [0, 0.05) is 31.8 Å². The van der Waals surface area contributed by atoms with Crippen molar-refractivity contribution in [3.63, 3.8) is 0 Å². The van der Waals surface area contributed by atoms with Crippen LogP contribution < -0.4 is 10.1 Å². The number of hydrogen-bond acceptors (Lipinski definition) is 5. The molecule has 0 atom stereocenters. The van der Waals surface area contributed by atoms with Gasteiger partial charge in [-0.3, -0.25) is 9.59 Å². The predicted octanol–water partition coefficient (Wildman–Crippen LogP) is 2.12. The molecule has 0 radical (unpaired) electrons. The Kier molecular flexibility index (Phi) is 5.40. The van der Waals surface area contributed by atoms with Gasteiger partial charge in [0.25, 0.3) is 11.8 Å². The second kappa shape index (κ2) is 7.90. The SMILES string of the molecule is CN(C)C(=O)c1ccc(NC(=O)COC(=O)c2ccc3c(c2)CCO3)cc1. The molecule has 0 saturated heterocycles. The van der Waals surface area contributed by atoms with Crippen molar-refractivity contribution in [3.05, 3.63) is 59.2 Å². The lowest BCUT2D eigenvalue weighted by Gasteiger charge is -2.11. The third-order valence-electron chi connectivity index (χ3n) is 4.08. The molecule has 1 aliphatic rings. The van der Waals surface area contributed by atoms with Crippen LogP contribution in [-0.2, 0) is 16.0 Å². The molecule has 7 heteroatoms. The average molecular weight is 368 g/mol. The van der Waals surface area contributed by atoms with E-state index in [0.717, 1.165) is 17.7 Å². The summed E-state index contributed by atoms with van der Waals surface area (Å²) in [4.78, 5) is 37.4. The van der Waals surface area contributed by atoms with Crippen molar-refractivity contribution in [2.24, 2.45) is 0 Å². The monoisotopic (exact) mass is 368 g/mol. The Morgan fingerprint density at radius 2 is 1.78 bits per heavy atom. The quantitative estimate of drug-likeness (QED) is 0.817. The molecule has 0 spiro atoms. The molecule has 1 heterocycles. The van der Waals surface area contributed by atoms with Crippen LogP contribution in [0.15, 0.2) is 42.5 Å². The second-order valence-electron chi connectivity index (χ2n) is 6.32. The van der Waals surface area contributed by atoms with Crippen LogP contribution in [0.1, 0.15) is 26.3 Å². The number of rotatable bonds is 5. The highest BCUT2D eigenvalue weighted by atomic mass is 16.5. The van der Waals surface area contributed by atoms with E-state index in [1.807, 2.05) is 0 Å². The van der Waals surface area contributed by atoms with Crippen LogP contribution in [0, 0.1) is 0 Å². The highest BCUT2D eigenvalue weighted by Gasteiger charge is 2.16. The Balaban J connectivity index is 1.52. The largest absolute Gasteiger partial charge is 0.493 e. The number of nitrogens with one attached hydrogen (secondary N) is 1. The minimum Gasteiger partial charge on any atom is -0.493 e. The third-order valence-corrected chi connectivity index (χ3v) is 4.08. The van der Waals surface area contributed by atoms with Gasteiger partial charge in [-0.05, 0) is 48.0 Å². The lowest BCUT2D eigenvalue weighted by Crippen LogP contribution is -2.22. The third kappa shape index (κ3) is 4.44. The molecule has 2 aromatic carbocycles. The first-order valence-corrected chi connectivity index (χ1v) is 8.48. The number of carbonyl (C=O) groups excluding carboxylic acids is 3. The topological polar surface area (TPSA) is 84.9 Å². The van der Waals surface area contributed by atoms with Crippen LogP contribution in [0.2, 0.25) is 0 Å². The van der Waals surface area contributed by atoms with Crippen LogP contribution in [0.3, 0.4) is 0 Å². The zero-order valence-electron chi connectivity index (χ0n) is 15.2. The molecule has 27 heavy (non-hydrogen) atoms. The van der Waals surface area contributed by atoms with Gasteiger partial charge >= 0.3 is 5.97 Å². The fraction of sp³-hybridized carbons (Fsp3) is 0.250. The first kappa shape index (κ1) is 18.4. The molecule has 0 aliphatic carbocycles. The summed E-state index contributed by atoms with van der Waals surface area (Å²) in [5, 5.41) is 2.62. The highest BCUT2D eigenvalue weighted by molar-refractivity contribution is 5.97. The molecule has 0 saturated carbocycles. The van der Waals surface area contributed by atoms with E-state index < -0.39 is 18.5 Å². The second-order valence-corrected chi connectivity index (χ2v) is 6.32. The van der Waals surface area contributed by atoms with E-state index in [4.69, 9.17) is 9.47 Å². The van der Waals surface area contributed by atoms with E-state index in [9.17, 15) is 14.4 Å². The number of anilines is 1. The molecule has 0 unspecified atom stereocenters. The summed E-state index contributed by atoms with van der Waals surface area (Å²) in [6.45, 7) is 0.208. The summed E-state index contributed by atoms with van der Waals surface area (Å²) in [5.41, 5.74) is 2.38. The van der Waals surface area contributed by atoms with E-state index in [-0.39, 0.29) is 5.91 Å². The molecular formula is C20H20N2O5. The molecule has 140 valence electrons. The van der Waals surface area contributed by atoms with E-state index in [0.29, 0.717) is 23.4 Å². The molecule has 1 N–H and O–H groups in total. The Morgan fingerprint density at radius 3 is 2.48 bits per heavy atom. The zero-order chi connectivity index (χ0) is 19.4. The zero-order valence-corrected chi connectivity index (χ0v) is 15.2. The number of ether oxygens (including phenoxy) is 2. The Labute approximate surface area is 156 Å². The van der Waals surface area contributed by atoms with Crippen molar-refractivity contribution in [1.29, 1.82) is 0 Å². The molecule has 7 nitrogen and oxygen atoms in total. The number of esters is 1. The first-order chi connectivity index (χ1) is 12.9. The van der Waals surface area contributed by atoms with Gasteiger partial charge in [0.1, 0.15) is 5.75 Å². The lowest BCUT2D eigenvalue weighted by molar-refractivity contribution is -0.119. The molecule has 1 aliphatic heterocycles. The maximum Gasteiger partial charge on any atom is 0.338 e. The summed E-state index contributed by atoms with van der Waals surface area (Å²) in [7, 11) is 3.33. The van der Waals surface area contributed by atoms with Crippen molar-refractivity contribution >= 4 is 23.5 Å². The van der Waals surface area contributed by atoms with Crippen molar-refractivity contribution in [2.75, 3.05) is 32.6 Å². The van der Waals surface area contributed by atoms with Gasteiger partial charge in [0.2, 0.25) is 0 Å². The average Bonchev–Trinajstić information content (AvgIpc) is 3.13. The minimum absolute atomic E-state index is 0.124. The standard InChI is InChI=1S/C20H20N2O5/c1-22(2)19(24)13-3-6-16(7-4-13)21-18(23)12-27-20(25)15-5-8-17-14(11-15)9-10-26-17/h3-8,11H,9-10,12H2,1-2H3,(H,21,23). The van der Waals surface area contributed by atoms with Gasteiger partial charge in [-0.15, -0.1) is 0 Å². The maximum absolute atomic E-state index is 12.1. The fourth-order valence-corrected chi connectivity index (χ4v) is 2.68. The molecular weight excluding hydrogens is 348 g/mol. The molecule has 0 aromatic heterocycles. The Morgan fingerprint density at radius 1 is 1.07 bits per heavy atom. The molecule has 3 rings (SSSR count). The summed E-state index contributed by atoms with van der Waals surface area (Å²) in [5.74, 6) is -0.367. The van der Waals surface area contributed by atoms with E-state index >= 15 is 0 Å². The number of fused-ring (bicyclic) bond motifs is 1. The summed E-state index contributed by atoms with van der Waals surface area (Å²) in [6.07, 6.45) is 0.753. The summed E-state index contributed by atoms with van der Waals surface area (Å²) < 4.78 is 10.5. The normalized spacial score (nSPS) is 11.9. The summed E-state index contributed by atoms with van der Waals surface area (Å²) >= 11 is 0. The number of nitrogens with zero attached hydrogens (tertiary/aromatic N) is 1. The van der Waals surface area contributed by atoms with Crippen molar-refractivity contribution in [1.82, 2.24) is 4.90 Å². The van der Waals surface area contributed by atoms with Gasteiger partial charge in [-0.25, -0.2) is 4.79 Å². The van der Waals surface area contributed by atoms with Gasteiger partial charge in [-0.1, -0.05) is 0 Å². The van der Waals surface area contributed by atoms with E-state index in [1.165, 1.54) is 4.90 Å². The highest BCUT2D eigenvalue weighted by Crippen LogP contribution is 2.26. The van der Waals surface area contributed by atoms with E-state index in [2.05, 4.69) is 5.32 Å². The van der Waals surface area contributed by atoms with Gasteiger partial charge in [0.05, 0.1) is 12.2 Å². The smallest absolute Gasteiger partial charge is 0.338 e. The van der Waals surface area contributed by atoms with Crippen molar-refractivity contribution in [2.45, 2.75) is 6.42 Å². The van der Waals surface area contributed by atoms with Crippen LogP contribution in [0.5, 0.6) is 5.75 Å². The molecule has 0 bridgehead atoms. The number of amides is 2. The number of hydrogen-bond donors (Lipinski definition) is 1. The van der Waals surface area contributed by atoms with Gasteiger partial charge in [0.15, 0.2) is 6.61 Å². The van der Waals surface area contributed by atoms with Crippen molar-refractivity contribution < 1.29 is 23.9 Å². The first-order valence-electron chi connectivity index (χ1n) is 8.48. The fourth-order valence-electron chi connectivity index (χ4n) is 2.68.